The molecule has 8 heteroatoms. The van der Waals surface area contributed by atoms with Crippen molar-refractivity contribution in [1.29, 1.82) is 0 Å². The van der Waals surface area contributed by atoms with E-state index in [1.165, 1.54) is 24.2 Å². The smallest absolute Gasteiger partial charge is 0.348 e. The molecule has 0 saturated carbocycles. The molecule has 1 N–H and O–H groups in total. The number of fused-ring (bicyclic) bond motifs is 1. The van der Waals surface area contributed by atoms with Gasteiger partial charge in [0.25, 0.3) is 5.56 Å². The Bertz CT molecular complexity index is 845. The highest BCUT2D eigenvalue weighted by molar-refractivity contribution is 7.20. The first-order valence-electron chi connectivity index (χ1n) is 8.90. The third-order valence-corrected chi connectivity index (χ3v) is 5.84. The minimum absolute atomic E-state index is 0.186. The average molecular weight is 379 g/mol. The normalized spacial score (nSPS) is 18.3. The number of H-pyrrole nitrogens is 1. The number of piperidine rings is 1. The molecule has 1 aliphatic rings. The summed E-state index contributed by atoms with van der Waals surface area (Å²) < 4.78 is 10.1. The number of rotatable bonds is 6. The first kappa shape index (κ1) is 19.0. The van der Waals surface area contributed by atoms with Crippen LogP contribution in [-0.4, -0.2) is 54.3 Å². The van der Waals surface area contributed by atoms with Crippen LogP contribution < -0.4 is 5.56 Å². The Morgan fingerprint density at radius 1 is 1.42 bits per heavy atom. The van der Waals surface area contributed by atoms with E-state index in [0.29, 0.717) is 45.6 Å². The van der Waals surface area contributed by atoms with Crippen LogP contribution in [0.2, 0.25) is 0 Å². The number of aromatic amines is 1. The summed E-state index contributed by atoms with van der Waals surface area (Å²) in [6.07, 6.45) is 2.42. The van der Waals surface area contributed by atoms with E-state index in [9.17, 15) is 9.59 Å². The van der Waals surface area contributed by atoms with Crippen molar-refractivity contribution in [3.63, 3.8) is 0 Å². The van der Waals surface area contributed by atoms with Gasteiger partial charge in [0.2, 0.25) is 0 Å². The molecule has 1 fully saturated rings. The molecular weight excluding hydrogens is 354 g/mol. The van der Waals surface area contributed by atoms with Gasteiger partial charge < -0.3 is 14.5 Å². The van der Waals surface area contributed by atoms with E-state index >= 15 is 0 Å². The second-order valence-corrected chi connectivity index (χ2v) is 7.86. The number of hydrogen-bond donors (Lipinski definition) is 1. The van der Waals surface area contributed by atoms with Crippen LogP contribution in [0.3, 0.4) is 0 Å². The van der Waals surface area contributed by atoms with E-state index in [1.807, 2.05) is 0 Å². The quantitative estimate of drug-likeness (QED) is 0.613. The standard InChI is InChI=1S/C18H25N3O4S/c1-11-5-4-6-21(9-11)10-13-19-16(22)14-12(2)15(26-17(14)20-13)18(23)25-8-7-24-3/h11H,4-10H2,1-3H3,(H,19,20,22). The van der Waals surface area contributed by atoms with Gasteiger partial charge in [-0.05, 0) is 37.8 Å². The number of methoxy groups -OCH3 is 1. The predicted molar refractivity (Wildman–Crippen MR) is 101 cm³/mol. The monoisotopic (exact) mass is 379 g/mol. The highest BCUT2D eigenvalue weighted by atomic mass is 32.1. The molecular formula is C18H25N3O4S. The number of nitrogens with one attached hydrogen (secondary N) is 1. The number of carbonyl (C=O) groups is 1. The minimum atomic E-state index is -0.437. The van der Waals surface area contributed by atoms with E-state index in [4.69, 9.17) is 9.47 Å². The van der Waals surface area contributed by atoms with Crippen molar-refractivity contribution < 1.29 is 14.3 Å². The second kappa shape index (κ2) is 8.28. The molecule has 7 nitrogen and oxygen atoms in total. The number of aromatic nitrogens is 2. The molecule has 26 heavy (non-hydrogen) atoms. The van der Waals surface area contributed by atoms with Crippen LogP contribution in [0.1, 0.15) is 40.8 Å². The van der Waals surface area contributed by atoms with E-state index in [1.54, 1.807) is 14.0 Å². The van der Waals surface area contributed by atoms with Crippen molar-refractivity contribution >= 4 is 27.5 Å². The summed E-state index contributed by atoms with van der Waals surface area (Å²) in [4.78, 5) is 35.6. The number of nitrogens with zero attached hydrogens (tertiary/aromatic N) is 2. The Balaban J connectivity index is 1.84. The lowest BCUT2D eigenvalue weighted by atomic mass is 10.0. The van der Waals surface area contributed by atoms with Crippen LogP contribution >= 0.6 is 11.3 Å². The van der Waals surface area contributed by atoms with Gasteiger partial charge in [-0.25, -0.2) is 9.78 Å². The van der Waals surface area contributed by atoms with Crippen LogP contribution in [0.5, 0.6) is 0 Å². The Kier molecular flexibility index (Phi) is 6.05. The highest BCUT2D eigenvalue weighted by Gasteiger charge is 2.22. The average Bonchev–Trinajstić information content (AvgIpc) is 2.92. The van der Waals surface area contributed by atoms with Crippen molar-refractivity contribution in [3.8, 4) is 0 Å². The summed E-state index contributed by atoms with van der Waals surface area (Å²) in [7, 11) is 1.55. The van der Waals surface area contributed by atoms with Crippen molar-refractivity contribution in [1.82, 2.24) is 14.9 Å². The zero-order valence-corrected chi connectivity index (χ0v) is 16.3. The summed E-state index contributed by atoms with van der Waals surface area (Å²) in [5.41, 5.74) is 0.430. The molecule has 1 unspecified atom stereocenters. The molecule has 2 aromatic heterocycles. The SMILES string of the molecule is COCCOC(=O)c1sc2nc(CN3CCCC(C)C3)[nH]c(=O)c2c1C. The molecule has 1 saturated heterocycles. The van der Waals surface area contributed by atoms with Crippen molar-refractivity contribution in [3.05, 3.63) is 26.6 Å². The summed E-state index contributed by atoms with van der Waals surface area (Å²) >= 11 is 1.22. The van der Waals surface area contributed by atoms with Gasteiger partial charge in [-0.3, -0.25) is 9.69 Å². The summed E-state index contributed by atoms with van der Waals surface area (Å²) in [5, 5.41) is 0.476. The van der Waals surface area contributed by atoms with E-state index in [2.05, 4.69) is 21.8 Å². The lowest BCUT2D eigenvalue weighted by Crippen LogP contribution is -2.34. The van der Waals surface area contributed by atoms with Gasteiger partial charge in [0.15, 0.2) is 0 Å². The molecule has 2 aromatic rings. The zero-order chi connectivity index (χ0) is 18.7. The molecule has 3 heterocycles. The third kappa shape index (κ3) is 4.13. The van der Waals surface area contributed by atoms with Gasteiger partial charge in [-0.2, -0.15) is 0 Å². The molecule has 3 rings (SSSR count). The van der Waals surface area contributed by atoms with Gasteiger partial charge in [0.1, 0.15) is 22.1 Å². The molecule has 142 valence electrons. The number of esters is 1. The van der Waals surface area contributed by atoms with Gasteiger partial charge in [-0.1, -0.05) is 6.92 Å². The number of likely N-dealkylation sites (tertiary alicyclic amines) is 1. The molecule has 0 aliphatic carbocycles. The minimum Gasteiger partial charge on any atom is -0.459 e. The van der Waals surface area contributed by atoms with Gasteiger partial charge in [0, 0.05) is 13.7 Å². The van der Waals surface area contributed by atoms with Crippen LogP contribution in [-0.2, 0) is 16.0 Å². The van der Waals surface area contributed by atoms with Crippen molar-refractivity contribution in [2.45, 2.75) is 33.2 Å². The Morgan fingerprint density at radius 2 is 2.23 bits per heavy atom. The Hall–Kier alpha value is -1.77. The molecule has 0 radical (unpaired) electrons. The molecule has 0 aromatic carbocycles. The topological polar surface area (TPSA) is 84.5 Å². The Labute approximate surface area is 156 Å². The number of hydrogen-bond acceptors (Lipinski definition) is 7. The fourth-order valence-electron chi connectivity index (χ4n) is 3.38. The fraction of sp³-hybridized carbons (Fsp3) is 0.611. The fourth-order valence-corrected chi connectivity index (χ4v) is 4.48. The third-order valence-electron chi connectivity index (χ3n) is 4.67. The molecule has 1 aliphatic heterocycles. The van der Waals surface area contributed by atoms with E-state index in [0.717, 1.165) is 13.1 Å². The largest absolute Gasteiger partial charge is 0.459 e. The summed E-state index contributed by atoms with van der Waals surface area (Å²) in [6, 6.07) is 0. The maximum Gasteiger partial charge on any atom is 0.348 e. The summed E-state index contributed by atoms with van der Waals surface area (Å²) in [5.74, 6) is 0.877. The van der Waals surface area contributed by atoms with Crippen LogP contribution in [0, 0.1) is 12.8 Å². The number of thiophene rings is 1. The van der Waals surface area contributed by atoms with Gasteiger partial charge in [0.05, 0.1) is 18.5 Å². The summed E-state index contributed by atoms with van der Waals surface area (Å²) in [6.45, 7) is 7.19. The van der Waals surface area contributed by atoms with Crippen molar-refractivity contribution in [2.24, 2.45) is 5.92 Å². The van der Waals surface area contributed by atoms with Gasteiger partial charge in [-0.15, -0.1) is 11.3 Å². The Morgan fingerprint density at radius 3 is 2.96 bits per heavy atom. The predicted octanol–water partition coefficient (Wildman–Crippen LogP) is 2.33. The second-order valence-electron chi connectivity index (χ2n) is 6.86. The first-order chi connectivity index (χ1) is 12.5. The number of ether oxygens (including phenoxy) is 2. The maximum atomic E-state index is 12.5. The molecule has 1 atom stereocenters. The lowest BCUT2D eigenvalue weighted by Gasteiger charge is -2.30. The molecule has 0 amide bonds. The van der Waals surface area contributed by atoms with Gasteiger partial charge >= 0.3 is 5.97 Å². The lowest BCUT2D eigenvalue weighted by molar-refractivity contribution is 0.0393. The highest BCUT2D eigenvalue weighted by Crippen LogP contribution is 2.28. The number of aryl methyl sites for hydroxylation is 1. The van der Waals surface area contributed by atoms with Crippen LogP contribution in [0.4, 0.5) is 0 Å². The van der Waals surface area contributed by atoms with E-state index < -0.39 is 5.97 Å². The van der Waals surface area contributed by atoms with Crippen LogP contribution in [0.15, 0.2) is 4.79 Å². The number of carbonyl (C=O) groups excluding carboxylic acids is 1. The van der Waals surface area contributed by atoms with Crippen LogP contribution in [0.25, 0.3) is 10.2 Å². The zero-order valence-electron chi connectivity index (χ0n) is 15.5. The first-order valence-corrected chi connectivity index (χ1v) is 9.72. The molecule has 0 spiro atoms. The van der Waals surface area contributed by atoms with Crippen molar-refractivity contribution in [2.75, 3.05) is 33.4 Å². The van der Waals surface area contributed by atoms with E-state index in [-0.39, 0.29) is 12.2 Å². The maximum absolute atomic E-state index is 12.5. The molecule has 0 bridgehead atoms.